The van der Waals surface area contributed by atoms with Gasteiger partial charge in [0.2, 0.25) is 0 Å². The van der Waals surface area contributed by atoms with Crippen LogP contribution in [0.5, 0.6) is 0 Å². The van der Waals surface area contributed by atoms with Crippen molar-refractivity contribution in [3.8, 4) is 0 Å². The highest BCUT2D eigenvalue weighted by Crippen LogP contribution is 1.81. The van der Waals surface area contributed by atoms with Gasteiger partial charge in [-0.2, -0.15) is 0 Å². The topological polar surface area (TPSA) is 87.0 Å². The molecule has 0 aromatic carbocycles. The molecular formula is C8H18O5. The summed E-state index contributed by atoms with van der Waals surface area (Å²) >= 11 is 0. The fourth-order valence-corrected chi connectivity index (χ4v) is 0. The third-order valence-electron chi connectivity index (χ3n) is 0.465. The third kappa shape index (κ3) is 54.8. The third-order valence-corrected chi connectivity index (χ3v) is 0.465. The Bertz CT molecular complexity index is 108. The summed E-state index contributed by atoms with van der Waals surface area (Å²) in [7, 11) is 3.25. The molecular weight excluding hydrogens is 176 g/mol. The molecule has 0 saturated heterocycles. The van der Waals surface area contributed by atoms with E-state index in [1.54, 1.807) is 14.2 Å². The second-order valence-electron chi connectivity index (χ2n) is 1.94. The first-order valence-electron chi connectivity index (χ1n) is 3.48. The van der Waals surface area contributed by atoms with Gasteiger partial charge in [-0.25, -0.2) is 4.79 Å². The zero-order chi connectivity index (χ0) is 11.3. The Labute approximate surface area is 78.3 Å². The Morgan fingerprint density at radius 1 is 1.31 bits per heavy atom. The standard InChI is InChI=1S/C4H6O2.C2H6O2.C2H6O/c1-3(2)4(5)6;3-1-2-4;1-3-2/h1H2,2H3,(H,5,6);3-4H,1-2H2;1-2H3. The van der Waals surface area contributed by atoms with Crippen LogP contribution in [-0.2, 0) is 9.53 Å². The van der Waals surface area contributed by atoms with Gasteiger partial charge in [0.15, 0.2) is 0 Å². The summed E-state index contributed by atoms with van der Waals surface area (Å²) < 4.78 is 4.25. The number of carbonyl (C=O) groups is 1. The van der Waals surface area contributed by atoms with Crippen LogP contribution in [0.15, 0.2) is 12.2 Å². The smallest absolute Gasteiger partial charge is 0.330 e. The van der Waals surface area contributed by atoms with E-state index in [1.807, 2.05) is 0 Å². The van der Waals surface area contributed by atoms with Crippen molar-refractivity contribution in [3.63, 3.8) is 0 Å². The van der Waals surface area contributed by atoms with Crippen molar-refractivity contribution in [3.05, 3.63) is 12.2 Å². The molecule has 0 saturated carbocycles. The summed E-state index contributed by atoms with van der Waals surface area (Å²) in [4.78, 5) is 9.60. The lowest BCUT2D eigenvalue weighted by molar-refractivity contribution is -0.132. The summed E-state index contributed by atoms with van der Waals surface area (Å²) in [6.07, 6.45) is 0. The number of aliphatic hydroxyl groups is 2. The second-order valence-corrected chi connectivity index (χ2v) is 1.94. The predicted molar refractivity (Wildman–Crippen MR) is 49.6 cm³/mol. The fourth-order valence-electron chi connectivity index (χ4n) is 0. The maximum atomic E-state index is 9.60. The molecule has 0 spiro atoms. The lowest BCUT2D eigenvalue weighted by Gasteiger charge is -1.79. The SMILES string of the molecule is C=C(C)C(=O)O.COC.OCCO. The van der Waals surface area contributed by atoms with Gasteiger partial charge in [0, 0.05) is 19.8 Å². The van der Waals surface area contributed by atoms with Gasteiger partial charge in [-0.15, -0.1) is 0 Å². The summed E-state index contributed by atoms with van der Waals surface area (Å²) in [6.45, 7) is 4.35. The molecule has 3 N–H and O–H groups in total. The van der Waals surface area contributed by atoms with E-state index in [0.717, 1.165) is 0 Å². The monoisotopic (exact) mass is 194 g/mol. The molecule has 0 bridgehead atoms. The van der Waals surface area contributed by atoms with Crippen LogP contribution >= 0.6 is 0 Å². The van der Waals surface area contributed by atoms with Crippen LogP contribution in [0.4, 0.5) is 0 Å². The van der Waals surface area contributed by atoms with Gasteiger partial charge in [-0.05, 0) is 6.92 Å². The molecule has 13 heavy (non-hydrogen) atoms. The van der Waals surface area contributed by atoms with Crippen LogP contribution in [0.1, 0.15) is 6.92 Å². The summed E-state index contributed by atoms with van der Waals surface area (Å²) in [5.74, 6) is -0.935. The number of aliphatic hydroxyl groups excluding tert-OH is 2. The van der Waals surface area contributed by atoms with Gasteiger partial charge in [0.1, 0.15) is 0 Å². The number of aliphatic carboxylic acids is 1. The zero-order valence-corrected chi connectivity index (χ0v) is 8.28. The molecule has 0 aliphatic heterocycles. The molecule has 0 fully saturated rings. The number of methoxy groups -OCH3 is 1. The van der Waals surface area contributed by atoms with Crippen LogP contribution in [0, 0.1) is 0 Å². The van der Waals surface area contributed by atoms with E-state index in [-0.39, 0.29) is 18.8 Å². The van der Waals surface area contributed by atoms with Crippen molar-refractivity contribution in [2.45, 2.75) is 6.92 Å². The minimum Gasteiger partial charge on any atom is -0.478 e. The normalized spacial score (nSPS) is 7.15. The van der Waals surface area contributed by atoms with Crippen LogP contribution < -0.4 is 0 Å². The lowest BCUT2D eigenvalue weighted by atomic mass is 10.4. The first-order chi connectivity index (χ1) is 5.97. The Morgan fingerprint density at radius 3 is 1.46 bits per heavy atom. The van der Waals surface area contributed by atoms with E-state index in [4.69, 9.17) is 15.3 Å². The molecule has 80 valence electrons. The van der Waals surface area contributed by atoms with Gasteiger partial charge in [0.05, 0.1) is 13.2 Å². The molecule has 0 heterocycles. The van der Waals surface area contributed by atoms with E-state index in [2.05, 4.69) is 11.3 Å². The maximum Gasteiger partial charge on any atom is 0.330 e. The zero-order valence-electron chi connectivity index (χ0n) is 8.28. The second kappa shape index (κ2) is 17.3. The first kappa shape index (κ1) is 18.0. The van der Waals surface area contributed by atoms with Crippen molar-refractivity contribution < 1.29 is 24.9 Å². The quantitative estimate of drug-likeness (QED) is 0.533. The molecule has 0 rings (SSSR count). The van der Waals surface area contributed by atoms with Gasteiger partial charge < -0.3 is 20.1 Å². The maximum absolute atomic E-state index is 9.60. The van der Waals surface area contributed by atoms with Crippen LogP contribution in [0.25, 0.3) is 0 Å². The van der Waals surface area contributed by atoms with E-state index < -0.39 is 5.97 Å². The van der Waals surface area contributed by atoms with E-state index in [1.165, 1.54) is 6.92 Å². The van der Waals surface area contributed by atoms with E-state index in [9.17, 15) is 4.79 Å². The minimum atomic E-state index is -0.935. The largest absolute Gasteiger partial charge is 0.478 e. The average Bonchev–Trinajstić information content (AvgIpc) is 2.06. The summed E-state index contributed by atoms with van der Waals surface area (Å²) in [5.41, 5.74) is 0.176. The van der Waals surface area contributed by atoms with Gasteiger partial charge in [-0.3, -0.25) is 0 Å². The number of ether oxygens (including phenoxy) is 1. The number of carboxylic acid groups (broad SMARTS) is 1. The molecule has 0 amide bonds. The van der Waals surface area contributed by atoms with Crippen molar-refractivity contribution >= 4 is 5.97 Å². The highest BCUT2D eigenvalue weighted by atomic mass is 16.4. The lowest BCUT2D eigenvalue weighted by Crippen LogP contribution is -1.92. The molecule has 0 aliphatic rings. The number of rotatable bonds is 2. The van der Waals surface area contributed by atoms with Gasteiger partial charge in [-0.1, -0.05) is 6.58 Å². The van der Waals surface area contributed by atoms with Crippen molar-refractivity contribution in [2.24, 2.45) is 0 Å². The van der Waals surface area contributed by atoms with Gasteiger partial charge in [0.25, 0.3) is 0 Å². The molecule has 0 atom stereocenters. The van der Waals surface area contributed by atoms with Crippen molar-refractivity contribution in [1.82, 2.24) is 0 Å². The molecule has 0 radical (unpaired) electrons. The Hall–Kier alpha value is -0.910. The molecule has 0 aromatic rings. The Morgan fingerprint density at radius 2 is 1.46 bits per heavy atom. The van der Waals surface area contributed by atoms with Crippen molar-refractivity contribution in [1.29, 1.82) is 0 Å². The van der Waals surface area contributed by atoms with Gasteiger partial charge >= 0.3 is 5.97 Å². The average molecular weight is 194 g/mol. The highest BCUT2D eigenvalue weighted by Gasteiger charge is 1.90. The van der Waals surface area contributed by atoms with Crippen LogP contribution in [0.2, 0.25) is 0 Å². The van der Waals surface area contributed by atoms with E-state index in [0.29, 0.717) is 0 Å². The number of hydrogen-bond donors (Lipinski definition) is 3. The molecule has 5 heteroatoms. The Balaban J connectivity index is -0.000000125. The van der Waals surface area contributed by atoms with Crippen LogP contribution in [0.3, 0.4) is 0 Å². The molecule has 0 aromatic heterocycles. The molecule has 5 nitrogen and oxygen atoms in total. The minimum absolute atomic E-state index is 0.125. The van der Waals surface area contributed by atoms with E-state index >= 15 is 0 Å². The highest BCUT2D eigenvalue weighted by molar-refractivity contribution is 5.84. The number of hydrogen-bond acceptors (Lipinski definition) is 4. The van der Waals surface area contributed by atoms with Crippen molar-refractivity contribution in [2.75, 3.05) is 27.4 Å². The predicted octanol–water partition coefficient (Wildman–Crippen LogP) is -0.119. The molecule has 0 unspecified atom stereocenters. The van der Waals surface area contributed by atoms with Crippen LogP contribution in [-0.4, -0.2) is 48.7 Å². The first-order valence-corrected chi connectivity index (χ1v) is 3.48. The summed E-state index contributed by atoms with van der Waals surface area (Å²) in [5, 5.41) is 23.1. The summed E-state index contributed by atoms with van der Waals surface area (Å²) in [6, 6.07) is 0. The Kier molecular flexibility index (Phi) is 23.9. The fraction of sp³-hybridized carbons (Fsp3) is 0.625. The molecule has 0 aliphatic carbocycles. The number of carboxylic acids is 1.